The Hall–Kier alpha value is -4.28. The van der Waals surface area contributed by atoms with Crippen LogP contribution < -0.4 is 11.5 Å². The SMILES string of the molecule is CN(C)C(=O)Cn1cc(-c2nc(C(C)(c3ccc(-c4ncc(N)nc4N)cc3)C3CC3)no2)cn1. The second-order valence-electron chi connectivity index (χ2n) is 9.22. The van der Waals surface area contributed by atoms with Gasteiger partial charge in [0.25, 0.3) is 5.89 Å². The van der Waals surface area contributed by atoms with E-state index in [0.717, 1.165) is 24.0 Å². The van der Waals surface area contributed by atoms with Gasteiger partial charge in [0.2, 0.25) is 5.91 Å². The average molecular weight is 474 g/mol. The van der Waals surface area contributed by atoms with Crippen molar-refractivity contribution in [2.75, 3.05) is 25.6 Å². The third-order valence-electron chi connectivity index (χ3n) is 6.54. The summed E-state index contributed by atoms with van der Waals surface area (Å²) in [6.07, 6.45) is 7.03. The van der Waals surface area contributed by atoms with Crippen molar-refractivity contribution in [1.29, 1.82) is 0 Å². The van der Waals surface area contributed by atoms with Gasteiger partial charge < -0.3 is 20.9 Å². The fraction of sp³-hybridized carbons (Fsp3) is 0.333. The summed E-state index contributed by atoms with van der Waals surface area (Å²) in [7, 11) is 3.42. The summed E-state index contributed by atoms with van der Waals surface area (Å²) < 4.78 is 7.19. The van der Waals surface area contributed by atoms with Crippen LogP contribution >= 0.6 is 0 Å². The molecule has 11 heteroatoms. The second-order valence-corrected chi connectivity index (χ2v) is 9.22. The van der Waals surface area contributed by atoms with E-state index in [1.807, 2.05) is 24.3 Å². The maximum atomic E-state index is 12.0. The number of benzene rings is 1. The van der Waals surface area contributed by atoms with Gasteiger partial charge in [0.15, 0.2) is 11.6 Å². The standard InChI is InChI=1S/C24H27N9O2/c1-24(17-8-9-17,16-6-4-14(5-7-16)20-21(26)29-18(25)11-27-20)23-30-22(35-31-23)15-10-28-33(12-15)13-19(34)32(2)3/h4-7,10-12,17H,8-9,13H2,1-3H3,(H4,25,26,29). The van der Waals surface area contributed by atoms with Gasteiger partial charge >= 0.3 is 0 Å². The van der Waals surface area contributed by atoms with Gasteiger partial charge in [0.1, 0.15) is 18.1 Å². The first-order chi connectivity index (χ1) is 16.8. The van der Waals surface area contributed by atoms with Crippen molar-refractivity contribution in [3.05, 3.63) is 54.2 Å². The molecule has 5 rings (SSSR count). The predicted octanol–water partition coefficient (Wildman–Crippen LogP) is 2.36. The molecule has 3 heterocycles. The van der Waals surface area contributed by atoms with Gasteiger partial charge in [-0.1, -0.05) is 29.4 Å². The molecule has 0 aliphatic heterocycles. The number of hydrogen-bond acceptors (Lipinski definition) is 9. The number of nitrogens with two attached hydrogens (primary N) is 2. The zero-order valence-electron chi connectivity index (χ0n) is 19.8. The first-order valence-electron chi connectivity index (χ1n) is 11.3. The van der Waals surface area contributed by atoms with Crippen LogP contribution in [0.2, 0.25) is 0 Å². The highest BCUT2D eigenvalue weighted by atomic mass is 16.5. The lowest BCUT2D eigenvalue weighted by Crippen LogP contribution is -2.28. The molecule has 4 aromatic rings. The van der Waals surface area contributed by atoms with E-state index < -0.39 is 5.41 Å². The minimum atomic E-state index is -0.421. The average Bonchev–Trinajstić information content (AvgIpc) is 3.39. The van der Waals surface area contributed by atoms with Gasteiger partial charge in [-0.3, -0.25) is 9.48 Å². The third-order valence-corrected chi connectivity index (χ3v) is 6.54. The smallest absolute Gasteiger partial charge is 0.261 e. The molecular formula is C24H27N9O2. The van der Waals surface area contributed by atoms with Gasteiger partial charge in [-0.15, -0.1) is 0 Å². The minimum Gasteiger partial charge on any atom is -0.382 e. The lowest BCUT2D eigenvalue weighted by molar-refractivity contribution is -0.129. The number of carbonyl (C=O) groups excluding carboxylic acids is 1. The number of likely N-dealkylation sites (N-methyl/N-ethyl adjacent to an activating group) is 1. The van der Waals surface area contributed by atoms with Crippen LogP contribution in [0.25, 0.3) is 22.7 Å². The monoisotopic (exact) mass is 473 g/mol. The molecule has 3 aromatic heterocycles. The van der Waals surface area contributed by atoms with Crippen molar-refractivity contribution in [1.82, 2.24) is 34.8 Å². The normalized spacial score (nSPS) is 15.1. The Bertz CT molecular complexity index is 1370. The molecule has 0 bridgehead atoms. The number of rotatable bonds is 7. The number of amides is 1. The summed E-state index contributed by atoms with van der Waals surface area (Å²) >= 11 is 0. The van der Waals surface area contributed by atoms with Crippen LogP contribution in [0.1, 0.15) is 31.2 Å². The second kappa shape index (κ2) is 8.49. The Labute approximate surface area is 202 Å². The Morgan fingerprint density at radius 2 is 1.89 bits per heavy atom. The van der Waals surface area contributed by atoms with Crippen molar-refractivity contribution in [3.63, 3.8) is 0 Å². The van der Waals surface area contributed by atoms with Crippen LogP contribution in [-0.4, -0.2) is 54.8 Å². The summed E-state index contributed by atoms with van der Waals surface area (Å²) in [5, 5.41) is 8.61. The molecule has 0 saturated heterocycles. The van der Waals surface area contributed by atoms with E-state index in [-0.39, 0.29) is 18.3 Å². The highest BCUT2D eigenvalue weighted by Gasteiger charge is 2.47. The van der Waals surface area contributed by atoms with Crippen molar-refractivity contribution in [2.45, 2.75) is 31.7 Å². The Balaban J connectivity index is 1.42. The zero-order valence-corrected chi connectivity index (χ0v) is 19.8. The Morgan fingerprint density at radius 1 is 1.14 bits per heavy atom. The molecule has 1 saturated carbocycles. The largest absolute Gasteiger partial charge is 0.382 e. The first kappa shape index (κ1) is 22.5. The molecule has 35 heavy (non-hydrogen) atoms. The number of carbonyl (C=O) groups is 1. The van der Waals surface area contributed by atoms with Gasteiger partial charge in [0.05, 0.1) is 23.4 Å². The third kappa shape index (κ3) is 4.20. The van der Waals surface area contributed by atoms with Crippen LogP contribution in [0.4, 0.5) is 11.6 Å². The highest BCUT2D eigenvalue weighted by molar-refractivity contribution is 5.75. The number of nitrogen functional groups attached to an aromatic ring is 2. The molecule has 1 amide bonds. The molecule has 1 unspecified atom stereocenters. The predicted molar refractivity (Wildman–Crippen MR) is 130 cm³/mol. The van der Waals surface area contributed by atoms with Gasteiger partial charge in [-0.05, 0) is 31.2 Å². The molecule has 1 aliphatic rings. The van der Waals surface area contributed by atoms with Crippen molar-refractivity contribution in [2.24, 2.45) is 5.92 Å². The lowest BCUT2D eigenvalue weighted by atomic mass is 9.77. The Morgan fingerprint density at radius 3 is 2.54 bits per heavy atom. The van der Waals surface area contributed by atoms with Gasteiger partial charge in [-0.25, -0.2) is 9.97 Å². The van der Waals surface area contributed by atoms with Gasteiger partial charge in [0, 0.05) is 25.9 Å². The quantitative estimate of drug-likeness (QED) is 0.411. The van der Waals surface area contributed by atoms with E-state index in [1.54, 1.807) is 31.2 Å². The summed E-state index contributed by atoms with van der Waals surface area (Å²) in [5.41, 5.74) is 14.4. The van der Waals surface area contributed by atoms with Crippen LogP contribution in [0.5, 0.6) is 0 Å². The topological polar surface area (TPSA) is 155 Å². The van der Waals surface area contributed by atoms with Crippen molar-refractivity contribution >= 4 is 17.5 Å². The fourth-order valence-electron chi connectivity index (χ4n) is 4.21. The first-order valence-corrected chi connectivity index (χ1v) is 11.3. The van der Waals surface area contributed by atoms with Crippen molar-refractivity contribution < 1.29 is 9.32 Å². The van der Waals surface area contributed by atoms with Crippen LogP contribution in [0, 0.1) is 5.92 Å². The lowest BCUT2D eigenvalue weighted by Gasteiger charge is -2.27. The molecule has 1 atom stereocenters. The van der Waals surface area contributed by atoms with Crippen LogP contribution in [-0.2, 0) is 16.8 Å². The molecule has 11 nitrogen and oxygen atoms in total. The molecule has 1 aromatic carbocycles. The number of anilines is 2. The summed E-state index contributed by atoms with van der Waals surface area (Å²) in [4.78, 5) is 26.7. The molecule has 1 aliphatic carbocycles. The Kier molecular flexibility index (Phi) is 5.46. The molecular weight excluding hydrogens is 446 g/mol. The number of nitrogens with zero attached hydrogens (tertiary/aromatic N) is 7. The molecule has 1 fully saturated rings. The number of hydrogen-bond donors (Lipinski definition) is 2. The summed E-state index contributed by atoms with van der Waals surface area (Å²) in [5.74, 6) is 1.91. The van der Waals surface area contributed by atoms with Crippen LogP contribution in [0.3, 0.4) is 0 Å². The van der Waals surface area contributed by atoms with Gasteiger partial charge in [-0.2, -0.15) is 10.1 Å². The maximum Gasteiger partial charge on any atom is 0.261 e. The van der Waals surface area contributed by atoms with E-state index in [2.05, 4.69) is 27.1 Å². The number of aromatic nitrogens is 6. The van der Waals surface area contributed by atoms with E-state index >= 15 is 0 Å². The minimum absolute atomic E-state index is 0.0534. The molecule has 4 N–H and O–H groups in total. The van der Waals surface area contributed by atoms with Crippen molar-refractivity contribution in [3.8, 4) is 22.7 Å². The van der Waals surface area contributed by atoms with E-state index in [4.69, 9.17) is 21.0 Å². The highest BCUT2D eigenvalue weighted by Crippen LogP contribution is 2.50. The fourth-order valence-corrected chi connectivity index (χ4v) is 4.21. The van der Waals surface area contributed by atoms with E-state index in [1.165, 1.54) is 11.1 Å². The summed E-state index contributed by atoms with van der Waals surface area (Å²) in [6, 6.07) is 8.04. The molecule has 180 valence electrons. The maximum absolute atomic E-state index is 12.0. The summed E-state index contributed by atoms with van der Waals surface area (Å²) in [6.45, 7) is 2.29. The molecule has 0 spiro atoms. The van der Waals surface area contributed by atoms with Crippen LogP contribution in [0.15, 0.2) is 47.4 Å². The van der Waals surface area contributed by atoms with E-state index in [0.29, 0.717) is 34.7 Å². The zero-order chi connectivity index (χ0) is 24.7. The van der Waals surface area contributed by atoms with E-state index in [9.17, 15) is 4.79 Å². The molecule has 0 radical (unpaired) electrons.